The standard InChI is InChI=1S/C16H14F2O/c1-9-4-5-12(17)8-14(9)16(19)15-10(2)6-13(18)7-11(15)3/h4-8H,1-3H3. The second-order valence-electron chi connectivity index (χ2n) is 4.70. The van der Waals surface area contributed by atoms with Crippen LogP contribution < -0.4 is 0 Å². The van der Waals surface area contributed by atoms with Crippen LogP contribution in [0.15, 0.2) is 30.3 Å². The van der Waals surface area contributed by atoms with Gasteiger partial charge in [-0.15, -0.1) is 0 Å². The summed E-state index contributed by atoms with van der Waals surface area (Å²) in [7, 11) is 0. The lowest BCUT2D eigenvalue weighted by molar-refractivity contribution is 0.103. The van der Waals surface area contributed by atoms with E-state index in [2.05, 4.69) is 0 Å². The first-order valence-electron chi connectivity index (χ1n) is 5.97. The minimum Gasteiger partial charge on any atom is -0.289 e. The van der Waals surface area contributed by atoms with E-state index in [1.54, 1.807) is 26.8 Å². The van der Waals surface area contributed by atoms with E-state index in [1.807, 2.05) is 0 Å². The zero-order valence-corrected chi connectivity index (χ0v) is 11.1. The van der Waals surface area contributed by atoms with Gasteiger partial charge in [0.25, 0.3) is 0 Å². The van der Waals surface area contributed by atoms with Crippen molar-refractivity contribution in [3.63, 3.8) is 0 Å². The maximum Gasteiger partial charge on any atom is 0.193 e. The molecule has 0 saturated heterocycles. The third kappa shape index (κ3) is 2.55. The molecule has 0 saturated carbocycles. The SMILES string of the molecule is Cc1ccc(F)cc1C(=O)c1c(C)cc(F)cc1C. The van der Waals surface area contributed by atoms with Gasteiger partial charge >= 0.3 is 0 Å². The molecule has 0 heterocycles. The highest BCUT2D eigenvalue weighted by atomic mass is 19.1. The minimum absolute atomic E-state index is 0.271. The Morgan fingerprint density at radius 3 is 2.00 bits per heavy atom. The predicted octanol–water partition coefficient (Wildman–Crippen LogP) is 4.12. The van der Waals surface area contributed by atoms with Crippen molar-refractivity contribution in [1.82, 2.24) is 0 Å². The van der Waals surface area contributed by atoms with Gasteiger partial charge in [0.15, 0.2) is 5.78 Å². The Bertz CT molecular complexity index is 637. The fourth-order valence-corrected chi connectivity index (χ4v) is 2.24. The summed E-state index contributed by atoms with van der Waals surface area (Å²) in [6.07, 6.45) is 0. The molecule has 0 bridgehead atoms. The van der Waals surface area contributed by atoms with E-state index in [0.29, 0.717) is 27.8 Å². The van der Waals surface area contributed by atoms with Gasteiger partial charge in [0.05, 0.1) is 0 Å². The number of rotatable bonds is 2. The van der Waals surface area contributed by atoms with Crippen LogP contribution in [0, 0.1) is 32.4 Å². The lowest BCUT2D eigenvalue weighted by atomic mass is 9.92. The summed E-state index contributed by atoms with van der Waals surface area (Å²) in [5.41, 5.74) is 2.58. The van der Waals surface area contributed by atoms with E-state index in [9.17, 15) is 13.6 Å². The van der Waals surface area contributed by atoms with Crippen molar-refractivity contribution in [1.29, 1.82) is 0 Å². The molecule has 0 aliphatic carbocycles. The molecule has 2 rings (SSSR count). The van der Waals surface area contributed by atoms with Crippen molar-refractivity contribution >= 4 is 5.78 Å². The first-order valence-corrected chi connectivity index (χ1v) is 5.97. The molecule has 0 atom stereocenters. The van der Waals surface area contributed by atoms with E-state index in [-0.39, 0.29) is 11.6 Å². The number of carbonyl (C=O) groups excluding carboxylic acids is 1. The summed E-state index contributed by atoms with van der Waals surface area (Å²) < 4.78 is 26.5. The molecule has 2 aromatic rings. The van der Waals surface area contributed by atoms with Crippen LogP contribution in [-0.4, -0.2) is 5.78 Å². The molecular weight excluding hydrogens is 246 g/mol. The second-order valence-corrected chi connectivity index (χ2v) is 4.70. The Kier molecular flexibility index (Phi) is 3.47. The topological polar surface area (TPSA) is 17.1 Å². The highest BCUT2D eigenvalue weighted by molar-refractivity contribution is 6.11. The molecule has 0 radical (unpaired) electrons. The number of hydrogen-bond acceptors (Lipinski definition) is 1. The van der Waals surface area contributed by atoms with Crippen LogP contribution in [0.3, 0.4) is 0 Å². The molecule has 0 aliphatic heterocycles. The molecule has 1 nitrogen and oxygen atoms in total. The third-order valence-electron chi connectivity index (χ3n) is 3.17. The molecule has 0 fully saturated rings. The van der Waals surface area contributed by atoms with Crippen molar-refractivity contribution in [2.75, 3.05) is 0 Å². The van der Waals surface area contributed by atoms with Crippen LogP contribution in [-0.2, 0) is 0 Å². The van der Waals surface area contributed by atoms with Crippen molar-refractivity contribution in [2.24, 2.45) is 0 Å². The van der Waals surface area contributed by atoms with E-state index < -0.39 is 5.82 Å². The zero-order valence-electron chi connectivity index (χ0n) is 11.1. The summed E-state index contributed by atoms with van der Waals surface area (Å²) in [6, 6.07) is 6.73. The highest BCUT2D eigenvalue weighted by Crippen LogP contribution is 2.22. The molecule has 19 heavy (non-hydrogen) atoms. The summed E-state index contributed by atoms with van der Waals surface area (Å²) in [4.78, 5) is 12.5. The van der Waals surface area contributed by atoms with Crippen LogP contribution in [0.25, 0.3) is 0 Å². The molecule has 2 aromatic carbocycles. The van der Waals surface area contributed by atoms with Crippen molar-refractivity contribution < 1.29 is 13.6 Å². The molecule has 0 aromatic heterocycles. The lowest BCUT2D eigenvalue weighted by Crippen LogP contribution is -2.09. The second kappa shape index (κ2) is 4.92. The Balaban J connectivity index is 2.59. The largest absolute Gasteiger partial charge is 0.289 e. The average molecular weight is 260 g/mol. The van der Waals surface area contributed by atoms with Gasteiger partial charge in [-0.1, -0.05) is 6.07 Å². The lowest BCUT2D eigenvalue weighted by Gasteiger charge is -2.11. The summed E-state index contributed by atoms with van der Waals surface area (Å²) in [5.74, 6) is -1.10. The van der Waals surface area contributed by atoms with Crippen molar-refractivity contribution in [3.8, 4) is 0 Å². The summed E-state index contributed by atoms with van der Waals surface area (Å²) in [6.45, 7) is 5.11. The Morgan fingerprint density at radius 2 is 1.42 bits per heavy atom. The number of carbonyl (C=O) groups is 1. The van der Waals surface area contributed by atoms with Gasteiger partial charge in [-0.25, -0.2) is 8.78 Å². The number of ketones is 1. The average Bonchev–Trinajstić information content (AvgIpc) is 2.30. The molecule has 0 amide bonds. The van der Waals surface area contributed by atoms with Crippen molar-refractivity contribution in [3.05, 3.63) is 69.8 Å². The van der Waals surface area contributed by atoms with Crippen LogP contribution in [0.2, 0.25) is 0 Å². The third-order valence-corrected chi connectivity index (χ3v) is 3.17. The molecule has 0 aliphatic rings. The van der Waals surface area contributed by atoms with Crippen LogP contribution in [0.1, 0.15) is 32.6 Å². The van der Waals surface area contributed by atoms with E-state index >= 15 is 0 Å². The monoisotopic (exact) mass is 260 g/mol. The van der Waals surface area contributed by atoms with Gasteiger partial charge in [-0.05, 0) is 61.7 Å². The fraction of sp³-hybridized carbons (Fsp3) is 0.188. The Hall–Kier alpha value is -2.03. The normalized spacial score (nSPS) is 10.6. The summed E-state index contributed by atoms with van der Waals surface area (Å²) in [5, 5.41) is 0. The molecule has 0 N–H and O–H groups in total. The van der Waals surface area contributed by atoms with Gasteiger partial charge in [-0.2, -0.15) is 0 Å². The molecular formula is C16H14F2O. The molecule has 0 spiro atoms. The van der Waals surface area contributed by atoms with Gasteiger partial charge in [0.1, 0.15) is 11.6 Å². The van der Waals surface area contributed by atoms with E-state index in [1.165, 1.54) is 24.3 Å². The highest BCUT2D eigenvalue weighted by Gasteiger charge is 2.17. The van der Waals surface area contributed by atoms with Crippen LogP contribution >= 0.6 is 0 Å². The van der Waals surface area contributed by atoms with E-state index in [4.69, 9.17) is 0 Å². The summed E-state index contributed by atoms with van der Waals surface area (Å²) >= 11 is 0. The minimum atomic E-state index is -0.452. The Morgan fingerprint density at radius 1 is 0.842 bits per heavy atom. The smallest absolute Gasteiger partial charge is 0.193 e. The number of halogens is 2. The number of hydrogen-bond donors (Lipinski definition) is 0. The van der Waals surface area contributed by atoms with Crippen molar-refractivity contribution in [2.45, 2.75) is 20.8 Å². The van der Waals surface area contributed by atoms with E-state index in [0.717, 1.165) is 0 Å². The maximum atomic E-state index is 13.3. The quantitative estimate of drug-likeness (QED) is 0.742. The van der Waals surface area contributed by atoms with Crippen LogP contribution in [0.5, 0.6) is 0 Å². The maximum absolute atomic E-state index is 13.3. The van der Waals surface area contributed by atoms with Gasteiger partial charge < -0.3 is 0 Å². The first kappa shape index (κ1) is 13.4. The fourth-order valence-electron chi connectivity index (χ4n) is 2.24. The predicted molar refractivity (Wildman–Crippen MR) is 70.4 cm³/mol. The van der Waals surface area contributed by atoms with Gasteiger partial charge in [0, 0.05) is 11.1 Å². The number of benzene rings is 2. The molecule has 98 valence electrons. The molecule has 0 unspecified atom stereocenters. The van der Waals surface area contributed by atoms with Gasteiger partial charge in [0.2, 0.25) is 0 Å². The van der Waals surface area contributed by atoms with Gasteiger partial charge in [-0.3, -0.25) is 4.79 Å². The molecule has 3 heteroatoms. The Labute approximate surface area is 110 Å². The zero-order chi connectivity index (χ0) is 14.2. The van der Waals surface area contributed by atoms with Crippen LogP contribution in [0.4, 0.5) is 8.78 Å². The first-order chi connectivity index (χ1) is 8.90. The number of aryl methyl sites for hydroxylation is 3.